The molecule has 0 unspecified atom stereocenters. The van der Waals surface area contributed by atoms with Gasteiger partial charge in [-0.15, -0.1) is 0 Å². The molecule has 7 nitrogen and oxygen atoms in total. The minimum absolute atomic E-state index is 0.0727. The van der Waals surface area contributed by atoms with Gasteiger partial charge >= 0.3 is 0 Å². The smallest absolute Gasteiger partial charge is 0.254 e. The van der Waals surface area contributed by atoms with Crippen LogP contribution in [0.25, 0.3) is 22.3 Å². The van der Waals surface area contributed by atoms with E-state index in [1.807, 2.05) is 92.7 Å². The van der Waals surface area contributed by atoms with Gasteiger partial charge < -0.3 is 4.90 Å². The van der Waals surface area contributed by atoms with Gasteiger partial charge in [0.15, 0.2) is 5.65 Å². The Kier molecular flexibility index (Phi) is 5.67. The highest BCUT2D eigenvalue weighted by Crippen LogP contribution is 2.28. The molecule has 3 heterocycles. The maximum Gasteiger partial charge on any atom is 0.254 e. The number of fused-ring (bicyclic) bond motifs is 1. The topological polar surface area (TPSA) is 68.8 Å². The second kappa shape index (κ2) is 8.94. The maximum atomic E-state index is 13.6. The van der Waals surface area contributed by atoms with E-state index in [9.17, 15) is 4.79 Å². The molecule has 170 valence electrons. The van der Waals surface area contributed by atoms with Crippen molar-refractivity contribution in [2.75, 3.05) is 7.05 Å². The predicted octanol–water partition coefficient (Wildman–Crippen LogP) is 4.46. The van der Waals surface area contributed by atoms with Crippen molar-refractivity contribution < 1.29 is 4.79 Å². The molecule has 0 fully saturated rings. The Morgan fingerprint density at radius 3 is 2.44 bits per heavy atom. The summed E-state index contributed by atoms with van der Waals surface area (Å²) in [6, 6.07) is 22.0. The summed E-state index contributed by atoms with van der Waals surface area (Å²) >= 11 is 0. The van der Waals surface area contributed by atoms with Crippen molar-refractivity contribution in [3.63, 3.8) is 0 Å². The summed E-state index contributed by atoms with van der Waals surface area (Å²) in [6.45, 7) is 3.06. The Balaban J connectivity index is 1.44. The maximum absolute atomic E-state index is 13.6. The van der Waals surface area contributed by atoms with Gasteiger partial charge in [0.1, 0.15) is 0 Å². The number of carbonyl (C=O) groups is 1. The summed E-state index contributed by atoms with van der Waals surface area (Å²) in [4.78, 5) is 20.2. The van der Waals surface area contributed by atoms with Crippen LogP contribution in [0.2, 0.25) is 0 Å². The summed E-state index contributed by atoms with van der Waals surface area (Å²) in [5, 5.41) is 9.79. The van der Waals surface area contributed by atoms with Crippen LogP contribution in [0.3, 0.4) is 0 Å². The zero-order valence-electron chi connectivity index (χ0n) is 19.5. The van der Waals surface area contributed by atoms with Crippen molar-refractivity contribution in [3.05, 3.63) is 102 Å². The van der Waals surface area contributed by atoms with Crippen LogP contribution in [0.1, 0.15) is 27.2 Å². The fourth-order valence-corrected chi connectivity index (χ4v) is 4.27. The van der Waals surface area contributed by atoms with Crippen LogP contribution < -0.4 is 0 Å². The normalized spacial score (nSPS) is 11.1. The Hall–Kier alpha value is -4.26. The molecule has 0 radical (unpaired) electrons. The number of rotatable bonds is 6. The molecule has 1 amide bonds. The molecule has 0 saturated heterocycles. The predicted molar refractivity (Wildman–Crippen MR) is 132 cm³/mol. The fourth-order valence-electron chi connectivity index (χ4n) is 4.27. The third-order valence-corrected chi connectivity index (χ3v) is 5.91. The molecule has 0 saturated carbocycles. The zero-order chi connectivity index (χ0) is 23.7. The van der Waals surface area contributed by atoms with Crippen LogP contribution in [-0.4, -0.2) is 42.4 Å². The van der Waals surface area contributed by atoms with E-state index < -0.39 is 0 Å². The highest BCUT2D eigenvalue weighted by Gasteiger charge is 2.22. The number of aryl methyl sites for hydroxylation is 2. The lowest BCUT2D eigenvalue weighted by Crippen LogP contribution is -2.26. The third-order valence-electron chi connectivity index (χ3n) is 5.91. The number of benzene rings is 2. The molecule has 34 heavy (non-hydrogen) atoms. The molecule has 0 bridgehead atoms. The quantitative estimate of drug-likeness (QED) is 0.383. The van der Waals surface area contributed by atoms with E-state index in [4.69, 9.17) is 4.98 Å². The number of nitrogens with zero attached hydrogens (tertiary/aromatic N) is 6. The van der Waals surface area contributed by atoms with E-state index in [0.717, 1.165) is 27.9 Å². The zero-order valence-corrected chi connectivity index (χ0v) is 19.5. The number of hydrogen-bond donors (Lipinski definition) is 0. The number of carbonyl (C=O) groups excluding carboxylic acids is 1. The van der Waals surface area contributed by atoms with Gasteiger partial charge in [0, 0.05) is 38.0 Å². The minimum Gasteiger partial charge on any atom is -0.337 e. The van der Waals surface area contributed by atoms with Crippen LogP contribution in [0.5, 0.6) is 0 Å². The Morgan fingerprint density at radius 1 is 1.00 bits per heavy atom. The summed E-state index contributed by atoms with van der Waals surface area (Å²) < 4.78 is 3.63. The highest BCUT2D eigenvalue weighted by atomic mass is 16.2. The standard InChI is InChI=1S/C27H26N6O/c1-19-25-23(14-24(22-12-8-5-9-13-22)29-26(25)32(3)30-19)27(34)31(2)16-21-15-28-33(18-21)17-20-10-6-4-7-11-20/h4-15,18H,16-17H2,1-3H3. The second-order valence-electron chi connectivity index (χ2n) is 8.52. The lowest BCUT2D eigenvalue weighted by Gasteiger charge is -2.17. The summed E-state index contributed by atoms with van der Waals surface area (Å²) in [5.41, 5.74) is 5.96. The van der Waals surface area contributed by atoms with E-state index in [-0.39, 0.29) is 5.91 Å². The molecule has 7 heteroatoms. The summed E-state index contributed by atoms with van der Waals surface area (Å²) in [6.07, 6.45) is 3.81. The Labute approximate surface area is 198 Å². The van der Waals surface area contributed by atoms with Crippen molar-refractivity contribution in [3.8, 4) is 11.3 Å². The SMILES string of the molecule is Cc1nn(C)c2nc(-c3ccccc3)cc(C(=O)N(C)Cc3cnn(Cc4ccccc4)c3)c12. The van der Waals surface area contributed by atoms with Crippen molar-refractivity contribution in [2.24, 2.45) is 7.05 Å². The third kappa shape index (κ3) is 4.20. The molecule has 0 N–H and O–H groups in total. The van der Waals surface area contributed by atoms with Crippen molar-refractivity contribution >= 4 is 16.9 Å². The molecule has 5 rings (SSSR count). The van der Waals surface area contributed by atoms with Gasteiger partial charge in [-0.1, -0.05) is 60.7 Å². The van der Waals surface area contributed by atoms with Gasteiger partial charge in [-0.2, -0.15) is 10.2 Å². The average Bonchev–Trinajstić information content (AvgIpc) is 3.42. The highest BCUT2D eigenvalue weighted by molar-refractivity contribution is 6.07. The van der Waals surface area contributed by atoms with E-state index in [0.29, 0.717) is 24.3 Å². The van der Waals surface area contributed by atoms with Crippen LogP contribution in [-0.2, 0) is 20.1 Å². The molecular formula is C27H26N6O. The second-order valence-corrected chi connectivity index (χ2v) is 8.52. The van der Waals surface area contributed by atoms with Crippen molar-refractivity contribution in [2.45, 2.75) is 20.0 Å². The van der Waals surface area contributed by atoms with Crippen LogP contribution in [0.15, 0.2) is 79.1 Å². The molecular weight excluding hydrogens is 424 g/mol. The minimum atomic E-state index is -0.0727. The number of amides is 1. The molecule has 5 aromatic rings. The van der Waals surface area contributed by atoms with Gasteiger partial charge in [-0.25, -0.2) is 4.98 Å². The van der Waals surface area contributed by atoms with Gasteiger partial charge in [0.25, 0.3) is 5.91 Å². The number of pyridine rings is 1. The monoisotopic (exact) mass is 450 g/mol. The Bertz CT molecular complexity index is 1450. The summed E-state index contributed by atoms with van der Waals surface area (Å²) in [5.74, 6) is -0.0727. The van der Waals surface area contributed by atoms with Gasteiger partial charge in [-0.05, 0) is 18.6 Å². The first-order chi connectivity index (χ1) is 16.5. The first-order valence-electron chi connectivity index (χ1n) is 11.2. The van der Waals surface area contributed by atoms with E-state index >= 15 is 0 Å². The number of aromatic nitrogens is 5. The van der Waals surface area contributed by atoms with Crippen LogP contribution >= 0.6 is 0 Å². The molecule has 2 aromatic carbocycles. The van der Waals surface area contributed by atoms with Gasteiger partial charge in [0.2, 0.25) is 0 Å². The molecule has 0 aliphatic rings. The van der Waals surface area contributed by atoms with Crippen molar-refractivity contribution in [1.29, 1.82) is 0 Å². The summed E-state index contributed by atoms with van der Waals surface area (Å²) in [7, 11) is 3.67. The molecule has 0 spiro atoms. The molecule has 3 aromatic heterocycles. The van der Waals surface area contributed by atoms with Gasteiger partial charge in [0.05, 0.1) is 35.1 Å². The fraction of sp³-hybridized carbons (Fsp3) is 0.185. The van der Waals surface area contributed by atoms with E-state index in [1.165, 1.54) is 5.56 Å². The van der Waals surface area contributed by atoms with E-state index in [2.05, 4.69) is 22.3 Å². The first kappa shape index (κ1) is 21.6. The van der Waals surface area contributed by atoms with Gasteiger partial charge in [-0.3, -0.25) is 14.2 Å². The molecule has 0 aliphatic carbocycles. The Morgan fingerprint density at radius 2 is 1.71 bits per heavy atom. The van der Waals surface area contributed by atoms with Crippen LogP contribution in [0, 0.1) is 6.92 Å². The number of hydrogen-bond acceptors (Lipinski definition) is 4. The average molecular weight is 451 g/mol. The molecule has 0 atom stereocenters. The largest absolute Gasteiger partial charge is 0.337 e. The van der Waals surface area contributed by atoms with Crippen LogP contribution in [0.4, 0.5) is 0 Å². The molecule has 0 aliphatic heterocycles. The first-order valence-corrected chi connectivity index (χ1v) is 11.2. The lowest BCUT2D eigenvalue weighted by molar-refractivity contribution is 0.0787. The van der Waals surface area contributed by atoms with Crippen molar-refractivity contribution in [1.82, 2.24) is 29.4 Å². The lowest BCUT2D eigenvalue weighted by atomic mass is 10.0. The van der Waals surface area contributed by atoms with E-state index in [1.54, 1.807) is 9.58 Å².